The lowest BCUT2D eigenvalue weighted by Gasteiger charge is -2.21. The van der Waals surface area contributed by atoms with E-state index in [2.05, 4.69) is 30.0 Å². The standard InChI is InChI=1S/C27H32N2O4S/c1-17(2)24-16-25(19(4)14-26(24)33-6)20(5)28-27(30)21-8-7-9-22(15-21)29-34(31,32)23-12-10-18(3)11-13-23/h7-17,20,29H,1-6H3,(H,28,30)/t20-/m1/s1. The van der Waals surface area contributed by atoms with Crippen LogP contribution in [0.5, 0.6) is 5.75 Å². The van der Waals surface area contributed by atoms with E-state index < -0.39 is 10.0 Å². The summed E-state index contributed by atoms with van der Waals surface area (Å²) in [4.78, 5) is 13.2. The minimum atomic E-state index is -3.76. The molecule has 0 aromatic heterocycles. The van der Waals surface area contributed by atoms with Crippen molar-refractivity contribution in [2.24, 2.45) is 0 Å². The van der Waals surface area contributed by atoms with Crippen molar-refractivity contribution in [2.75, 3.05) is 11.8 Å². The first-order valence-corrected chi connectivity index (χ1v) is 12.7. The highest BCUT2D eigenvalue weighted by atomic mass is 32.2. The zero-order valence-electron chi connectivity index (χ0n) is 20.5. The molecule has 0 saturated carbocycles. The third kappa shape index (κ3) is 5.78. The van der Waals surface area contributed by atoms with Crippen molar-refractivity contribution in [1.82, 2.24) is 5.32 Å². The van der Waals surface area contributed by atoms with Crippen molar-refractivity contribution in [1.29, 1.82) is 0 Å². The van der Waals surface area contributed by atoms with Crippen LogP contribution in [0.3, 0.4) is 0 Å². The minimum absolute atomic E-state index is 0.164. The van der Waals surface area contributed by atoms with Gasteiger partial charge < -0.3 is 10.1 Å². The molecule has 0 aliphatic carbocycles. The Morgan fingerprint density at radius 3 is 2.21 bits per heavy atom. The second kappa shape index (κ2) is 10.3. The van der Waals surface area contributed by atoms with E-state index in [4.69, 9.17) is 4.74 Å². The van der Waals surface area contributed by atoms with Crippen LogP contribution in [0, 0.1) is 13.8 Å². The van der Waals surface area contributed by atoms with Crippen LogP contribution in [0.1, 0.15) is 65.3 Å². The Kier molecular flexibility index (Phi) is 7.67. The molecule has 0 bridgehead atoms. The second-order valence-corrected chi connectivity index (χ2v) is 10.5. The molecule has 6 nitrogen and oxygen atoms in total. The lowest BCUT2D eigenvalue weighted by molar-refractivity contribution is 0.0940. The average Bonchev–Trinajstić information content (AvgIpc) is 2.78. The monoisotopic (exact) mass is 480 g/mol. The highest BCUT2D eigenvalue weighted by molar-refractivity contribution is 7.92. The predicted molar refractivity (Wildman–Crippen MR) is 136 cm³/mol. The van der Waals surface area contributed by atoms with Crippen molar-refractivity contribution in [3.63, 3.8) is 0 Å². The number of amides is 1. The Bertz CT molecular complexity index is 1280. The van der Waals surface area contributed by atoms with Gasteiger partial charge in [0, 0.05) is 11.3 Å². The molecule has 0 aliphatic heterocycles. The molecular formula is C27H32N2O4S. The molecule has 7 heteroatoms. The summed E-state index contributed by atoms with van der Waals surface area (Å²) in [6.07, 6.45) is 0. The Balaban J connectivity index is 1.79. The fourth-order valence-electron chi connectivity index (χ4n) is 3.82. The number of carbonyl (C=O) groups excluding carboxylic acids is 1. The number of hydrogen-bond donors (Lipinski definition) is 2. The Morgan fingerprint density at radius 2 is 1.59 bits per heavy atom. The van der Waals surface area contributed by atoms with Gasteiger partial charge in [0.25, 0.3) is 15.9 Å². The smallest absolute Gasteiger partial charge is 0.261 e. The minimum Gasteiger partial charge on any atom is -0.496 e. The number of anilines is 1. The largest absolute Gasteiger partial charge is 0.496 e. The lowest BCUT2D eigenvalue weighted by atomic mass is 9.93. The first kappa shape index (κ1) is 25.3. The zero-order chi connectivity index (χ0) is 25.0. The number of aryl methyl sites for hydroxylation is 2. The molecule has 34 heavy (non-hydrogen) atoms. The maximum atomic E-state index is 13.0. The molecule has 180 valence electrons. The summed E-state index contributed by atoms with van der Waals surface area (Å²) in [5.41, 5.74) is 4.77. The highest BCUT2D eigenvalue weighted by Crippen LogP contribution is 2.32. The van der Waals surface area contributed by atoms with Gasteiger partial charge in [0.15, 0.2) is 0 Å². The first-order chi connectivity index (χ1) is 16.0. The van der Waals surface area contributed by atoms with E-state index in [9.17, 15) is 13.2 Å². The van der Waals surface area contributed by atoms with Crippen molar-refractivity contribution < 1.29 is 17.9 Å². The van der Waals surface area contributed by atoms with E-state index in [0.29, 0.717) is 11.3 Å². The molecule has 3 aromatic carbocycles. The van der Waals surface area contributed by atoms with Crippen LogP contribution in [0.25, 0.3) is 0 Å². The summed E-state index contributed by atoms with van der Waals surface area (Å²) in [5.74, 6) is 0.823. The molecule has 1 amide bonds. The quantitative estimate of drug-likeness (QED) is 0.431. The molecule has 1 atom stereocenters. The van der Waals surface area contributed by atoms with Gasteiger partial charge in [-0.05, 0) is 85.8 Å². The van der Waals surface area contributed by atoms with Crippen molar-refractivity contribution in [3.05, 3.63) is 88.5 Å². The topological polar surface area (TPSA) is 84.5 Å². The van der Waals surface area contributed by atoms with Gasteiger partial charge in [0.2, 0.25) is 0 Å². The fourth-order valence-corrected chi connectivity index (χ4v) is 4.87. The zero-order valence-corrected chi connectivity index (χ0v) is 21.3. The Hall–Kier alpha value is -3.32. The van der Waals surface area contributed by atoms with Gasteiger partial charge in [-0.1, -0.05) is 37.6 Å². The molecule has 3 aromatic rings. The number of methoxy groups -OCH3 is 1. The molecular weight excluding hydrogens is 448 g/mol. The number of rotatable bonds is 8. The summed E-state index contributed by atoms with van der Waals surface area (Å²) >= 11 is 0. The van der Waals surface area contributed by atoms with E-state index in [-0.39, 0.29) is 22.8 Å². The number of carbonyl (C=O) groups is 1. The Morgan fingerprint density at radius 1 is 0.912 bits per heavy atom. The molecule has 0 heterocycles. The third-order valence-corrected chi connectivity index (χ3v) is 7.16. The molecule has 3 rings (SSSR count). The average molecular weight is 481 g/mol. The number of nitrogens with one attached hydrogen (secondary N) is 2. The number of ether oxygens (including phenoxy) is 1. The van der Waals surface area contributed by atoms with E-state index in [1.165, 1.54) is 6.07 Å². The van der Waals surface area contributed by atoms with Gasteiger partial charge in [-0.3, -0.25) is 9.52 Å². The van der Waals surface area contributed by atoms with Gasteiger partial charge in [0.1, 0.15) is 5.75 Å². The maximum absolute atomic E-state index is 13.0. The first-order valence-electron chi connectivity index (χ1n) is 11.2. The van der Waals surface area contributed by atoms with E-state index in [0.717, 1.165) is 28.0 Å². The van der Waals surface area contributed by atoms with Crippen LogP contribution in [-0.4, -0.2) is 21.4 Å². The molecule has 0 saturated heterocycles. The second-order valence-electron chi connectivity index (χ2n) is 8.80. The molecule has 0 spiro atoms. The van der Waals surface area contributed by atoms with Crippen LogP contribution in [0.2, 0.25) is 0 Å². The maximum Gasteiger partial charge on any atom is 0.261 e. The molecule has 0 aliphatic rings. The number of hydrogen-bond acceptors (Lipinski definition) is 4. The van der Waals surface area contributed by atoms with Crippen molar-refractivity contribution >= 4 is 21.6 Å². The third-order valence-electron chi connectivity index (χ3n) is 5.76. The van der Waals surface area contributed by atoms with E-state index in [1.807, 2.05) is 26.8 Å². The van der Waals surface area contributed by atoms with Gasteiger partial charge in [-0.25, -0.2) is 8.42 Å². The molecule has 0 radical (unpaired) electrons. The van der Waals surface area contributed by atoms with Crippen LogP contribution >= 0.6 is 0 Å². The normalized spacial score (nSPS) is 12.3. The van der Waals surface area contributed by atoms with E-state index >= 15 is 0 Å². The molecule has 0 fully saturated rings. The van der Waals surface area contributed by atoms with Gasteiger partial charge >= 0.3 is 0 Å². The summed E-state index contributed by atoms with van der Waals surface area (Å²) in [6, 6.07) is 16.9. The van der Waals surface area contributed by atoms with Gasteiger partial charge in [-0.15, -0.1) is 0 Å². The van der Waals surface area contributed by atoms with Gasteiger partial charge in [0.05, 0.1) is 18.0 Å². The van der Waals surface area contributed by atoms with Crippen molar-refractivity contribution in [3.8, 4) is 5.75 Å². The number of sulfonamides is 1. The summed E-state index contributed by atoms with van der Waals surface area (Å²) in [6.45, 7) is 10.0. The molecule has 2 N–H and O–H groups in total. The summed E-state index contributed by atoms with van der Waals surface area (Å²) in [7, 11) is -2.10. The Labute approximate surface area is 202 Å². The predicted octanol–water partition coefficient (Wildman–Crippen LogP) is 5.73. The lowest BCUT2D eigenvalue weighted by Crippen LogP contribution is -2.27. The number of benzene rings is 3. The highest BCUT2D eigenvalue weighted by Gasteiger charge is 2.19. The SMILES string of the molecule is COc1cc(C)c([C@@H](C)NC(=O)c2cccc(NS(=O)(=O)c3ccc(C)cc3)c2)cc1C(C)C. The fraction of sp³-hybridized carbons (Fsp3) is 0.296. The van der Waals surface area contributed by atoms with Crippen molar-refractivity contribution in [2.45, 2.75) is 51.5 Å². The van der Waals surface area contributed by atoms with E-state index in [1.54, 1.807) is 49.6 Å². The van der Waals surface area contributed by atoms with Crippen LogP contribution in [-0.2, 0) is 10.0 Å². The molecule has 0 unspecified atom stereocenters. The van der Waals surface area contributed by atoms with Crippen LogP contribution in [0.15, 0.2) is 65.6 Å². The van der Waals surface area contributed by atoms with Crippen LogP contribution in [0.4, 0.5) is 5.69 Å². The van der Waals surface area contributed by atoms with Crippen LogP contribution < -0.4 is 14.8 Å². The summed E-state index contributed by atoms with van der Waals surface area (Å²) in [5, 5.41) is 3.03. The van der Waals surface area contributed by atoms with Gasteiger partial charge in [-0.2, -0.15) is 0 Å². The summed E-state index contributed by atoms with van der Waals surface area (Å²) < 4.78 is 33.5.